The third kappa shape index (κ3) is 3.42. The van der Waals surface area contributed by atoms with Crippen molar-refractivity contribution >= 4 is 11.7 Å². The van der Waals surface area contributed by atoms with Gasteiger partial charge in [-0.1, -0.05) is 12.1 Å². The van der Waals surface area contributed by atoms with E-state index < -0.39 is 6.03 Å². The molecule has 1 aromatic carbocycles. The number of carbonyl (C=O) groups excluding carboxylic acids is 1. The summed E-state index contributed by atoms with van der Waals surface area (Å²) in [6.07, 6.45) is 0.699. The summed E-state index contributed by atoms with van der Waals surface area (Å²) >= 11 is 0. The Morgan fingerprint density at radius 1 is 1.50 bits per heavy atom. The van der Waals surface area contributed by atoms with Gasteiger partial charge in [0.15, 0.2) is 0 Å². The van der Waals surface area contributed by atoms with E-state index in [1.807, 2.05) is 18.2 Å². The zero-order chi connectivity index (χ0) is 10.4. The van der Waals surface area contributed by atoms with Crippen LogP contribution in [0.3, 0.4) is 0 Å². The van der Waals surface area contributed by atoms with Gasteiger partial charge >= 0.3 is 6.03 Å². The minimum atomic E-state index is -0.572. The molecule has 2 amide bonds. The Morgan fingerprint density at radius 2 is 2.29 bits per heavy atom. The molecule has 0 aliphatic heterocycles. The zero-order valence-electron chi connectivity index (χ0n) is 7.69. The Kier molecular flexibility index (Phi) is 3.90. The number of benzene rings is 1. The fourth-order valence-electron chi connectivity index (χ4n) is 1.12. The molecule has 0 aromatic heterocycles. The van der Waals surface area contributed by atoms with Crippen LogP contribution < -0.4 is 16.9 Å². The van der Waals surface area contributed by atoms with E-state index in [4.69, 9.17) is 11.6 Å². The van der Waals surface area contributed by atoms with E-state index in [0.717, 1.165) is 5.56 Å². The molecule has 0 aliphatic rings. The molecule has 0 saturated carbocycles. The van der Waals surface area contributed by atoms with Gasteiger partial charge in [0.1, 0.15) is 0 Å². The van der Waals surface area contributed by atoms with Crippen LogP contribution in [0.15, 0.2) is 24.3 Å². The first kappa shape index (κ1) is 10.5. The molecule has 5 nitrogen and oxygen atoms in total. The molecule has 1 rings (SSSR count). The van der Waals surface area contributed by atoms with Crippen molar-refractivity contribution in [3.8, 4) is 0 Å². The van der Waals surface area contributed by atoms with Crippen LogP contribution in [0.25, 0.3) is 0 Å². The normalized spacial score (nSPS) is 9.79. The summed E-state index contributed by atoms with van der Waals surface area (Å²) in [4.78, 5) is 15.0. The minimum Gasteiger partial charge on any atom is -0.351 e. The van der Waals surface area contributed by atoms with Gasteiger partial charge in [0, 0.05) is 5.69 Å². The van der Waals surface area contributed by atoms with E-state index in [2.05, 4.69) is 10.2 Å². The van der Waals surface area contributed by atoms with Crippen LogP contribution in [0.5, 0.6) is 0 Å². The number of primary amides is 1. The highest BCUT2D eigenvalue weighted by Crippen LogP contribution is 2.10. The quantitative estimate of drug-likeness (QED) is 0.615. The lowest BCUT2D eigenvalue weighted by molar-refractivity contribution is 0.141. The van der Waals surface area contributed by atoms with Crippen molar-refractivity contribution in [2.24, 2.45) is 11.6 Å². The topological polar surface area (TPSA) is 90.4 Å². The first-order chi connectivity index (χ1) is 6.72. The molecule has 0 bridgehead atoms. The molecule has 0 spiro atoms. The number of hydrogen-bond acceptors (Lipinski definition) is 3. The van der Waals surface area contributed by atoms with Gasteiger partial charge in [-0.15, -0.1) is 0 Å². The van der Waals surface area contributed by atoms with Crippen molar-refractivity contribution in [3.05, 3.63) is 29.8 Å². The summed E-state index contributed by atoms with van der Waals surface area (Å²) in [6.45, 7) is 0.444. The van der Waals surface area contributed by atoms with E-state index in [-0.39, 0.29) is 0 Å². The number of hydrogen-bond donors (Lipinski definition) is 3. The Balaban J connectivity index is 2.63. The second-order valence-electron chi connectivity index (χ2n) is 2.81. The molecule has 5 heteroatoms. The molecule has 0 fully saturated rings. The van der Waals surface area contributed by atoms with Gasteiger partial charge in [-0.3, -0.25) is 0 Å². The molecular formula is C9H13N3O2. The predicted octanol–water partition coefficient (Wildman–Crippen LogP) is 0.610. The molecule has 76 valence electrons. The second-order valence-corrected chi connectivity index (χ2v) is 2.81. The maximum atomic E-state index is 10.6. The first-order valence-corrected chi connectivity index (χ1v) is 4.19. The van der Waals surface area contributed by atoms with Crippen molar-refractivity contribution in [2.75, 3.05) is 11.9 Å². The van der Waals surface area contributed by atoms with E-state index in [0.29, 0.717) is 18.7 Å². The highest BCUT2D eigenvalue weighted by Gasteiger charge is 1.97. The highest BCUT2D eigenvalue weighted by atomic mass is 16.6. The number of rotatable bonds is 4. The molecule has 0 radical (unpaired) electrons. The molecule has 5 N–H and O–H groups in total. The number of nitrogens with two attached hydrogens (primary N) is 2. The molecule has 0 saturated heterocycles. The Morgan fingerprint density at radius 3 is 2.93 bits per heavy atom. The van der Waals surface area contributed by atoms with Crippen molar-refractivity contribution in [1.29, 1.82) is 0 Å². The average Bonchev–Trinajstić information content (AvgIpc) is 2.14. The van der Waals surface area contributed by atoms with Crippen molar-refractivity contribution in [3.63, 3.8) is 0 Å². The van der Waals surface area contributed by atoms with Gasteiger partial charge in [-0.05, 0) is 24.1 Å². The first-order valence-electron chi connectivity index (χ1n) is 4.19. The van der Waals surface area contributed by atoms with E-state index in [1.54, 1.807) is 6.07 Å². The lowest BCUT2D eigenvalue weighted by Crippen LogP contribution is -2.19. The molecule has 0 unspecified atom stereocenters. The standard InChI is InChI=1S/C9H13N3O2/c10-9(13)12-8-3-1-2-7(6-8)4-5-14-11/h1-3,6H,4-5,11H2,(H3,10,12,13). The van der Waals surface area contributed by atoms with Crippen LogP contribution in [-0.4, -0.2) is 12.6 Å². The summed E-state index contributed by atoms with van der Waals surface area (Å²) in [5.41, 5.74) is 6.68. The molecule has 0 aliphatic carbocycles. The lowest BCUT2D eigenvalue weighted by atomic mass is 10.1. The fourth-order valence-corrected chi connectivity index (χ4v) is 1.12. The summed E-state index contributed by atoms with van der Waals surface area (Å²) < 4.78 is 0. The van der Waals surface area contributed by atoms with Crippen LogP contribution in [-0.2, 0) is 11.3 Å². The van der Waals surface area contributed by atoms with E-state index >= 15 is 0 Å². The zero-order valence-corrected chi connectivity index (χ0v) is 7.69. The summed E-state index contributed by atoms with van der Waals surface area (Å²) in [7, 11) is 0. The molecule has 0 heterocycles. The average molecular weight is 195 g/mol. The van der Waals surface area contributed by atoms with E-state index in [1.165, 1.54) is 0 Å². The smallest absolute Gasteiger partial charge is 0.316 e. The van der Waals surface area contributed by atoms with Gasteiger partial charge in [0.2, 0.25) is 0 Å². The lowest BCUT2D eigenvalue weighted by Gasteiger charge is -2.04. The Bertz CT molecular complexity index is 315. The fraction of sp³-hybridized carbons (Fsp3) is 0.222. The third-order valence-corrected chi connectivity index (χ3v) is 1.70. The molecule has 14 heavy (non-hydrogen) atoms. The number of anilines is 1. The van der Waals surface area contributed by atoms with Gasteiger partial charge in [0.05, 0.1) is 6.61 Å². The molecule has 1 aromatic rings. The minimum absolute atomic E-state index is 0.444. The van der Waals surface area contributed by atoms with Crippen LogP contribution in [0.1, 0.15) is 5.56 Å². The molecule has 0 atom stereocenters. The SMILES string of the molecule is NOCCc1cccc(NC(N)=O)c1. The number of nitrogens with one attached hydrogen (secondary N) is 1. The van der Waals surface area contributed by atoms with Gasteiger partial charge in [0.25, 0.3) is 0 Å². The summed E-state index contributed by atoms with van der Waals surface area (Å²) in [6, 6.07) is 6.76. The largest absolute Gasteiger partial charge is 0.351 e. The number of urea groups is 1. The summed E-state index contributed by atoms with van der Waals surface area (Å²) in [5, 5.41) is 2.49. The van der Waals surface area contributed by atoms with Crippen molar-refractivity contribution in [2.45, 2.75) is 6.42 Å². The van der Waals surface area contributed by atoms with Gasteiger partial charge in [-0.25, -0.2) is 10.7 Å². The predicted molar refractivity (Wildman–Crippen MR) is 53.5 cm³/mol. The van der Waals surface area contributed by atoms with Crippen LogP contribution in [0.2, 0.25) is 0 Å². The van der Waals surface area contributed by atoms with E-state index in [9.17, 15) is 4.79 Å². The van der Waals surface area contributed by atoms with Crippen molar-refractivity contribution in [1.82, 2.24) is 0 Å². The monoisotopic (exact) mass is 195 g/mol. The Labute approximate surface area is 82.0 Å². The number of carbonyl (C=O) groups is 1. The second kappa shape index (κ2) is 5.21. The third-order valence-electron chi connectivity index (χ3n) is 1.70. The van der Waals surface area contributed by atoms with Crippen LogP contribution in [0.4, 0.5) is 10.5 Å². The highest BCUT2D eigenvalue weighted by molar-refractivity contribution is 5.87. The molecular weight excluding hydrogens is 182 g/mol. The summed E-state index contributed by atoms with van der Waals surface area (Å²) in [5.74, 6) is 4.91. The van der Waals surface area contributed by atoms with Gasteiger partial charge in [-0.2, -0.15) is 0 Å². The van der Waals surface area contributed by atoms with Crippen molar-refractivity contribution < 1.29 is 9.63 Å². The van der Waals surface area contributed by atoms with Crippen LogP contribution >= 0.6 is 0 Å². The maximum absolute atomic E-state index is 10.6. The number of amides is 2. The van der Waals surface area contributed by atoms with Crippen LogP contribution in [0, 0.1) is 0 Å². The maximum Gasteiger partial charge on any atom is 0.316 e. The van der Waals surface area contributed by atoms with Gasteiger partial charge < -0.3 is 15.9 Å². The Hall–Kier alpha value is -1.59.